The van der Waals surface area contributed by atoms with E-state index in [0.29, 0.717) is 17.1 Å². The first-order valence-electron chi connectivity index (χ1n) is 7.79. The van der Waals surface area contributed by atoms with E-state index in [1.165, 1.54) is 18.5 Å². The Morgan fingerprint density at radius 3 is 2.46 bits per heavy atom. The highest BCUT2D eigenvalue weighted by atomic mass is 19.1. The molecule has 0 aliphatic heterocycles. The summed E-state index contributed by atoms with van der Waals surface area (Å²) in [5, 5.41) is 2.97. The van der Waals surface area contributed by atoms with Crippen LogP contribution in [0, 0.1) is 12.7 Å². The Balaban J connectivity index is 1.72. The summed E-state index contributed by atoms with van der Waals surface area (Å²) in [5.74, 6) is -0.0765. The van der Waals surface area contributed by atoms with Crippen molar-refractivity contribution in [1.29, 1.82) is 0 Å². The van der Waals surface area contributed by atoms with Crippen LogP contribution in [-0.2, 0) is 0 Å². The Kier molecular flexibility index (Phi) is 4.93. The lowest BCUT2D eigenvalue weighted by molar-refractivity contribution is 0.0962. The first-order chi connectivity index (χ1) is 12.5. The number of nitrogens with two attached hydrogens (primary N) is 1. The highest BCUT2D eigenvalue weighted by molar-refractivity contribution is 5.96. The predicted octanol–water partition coefficient (Wildman–Crippen LogP) is 3.01. The van der Waals surface area contributed by atoms with Crippen LogP contribution >= 0.6 is 0 Å². The summed E-state index contributed by atoms with van der Waals surface area (Å²) in [6.45, 7) is 1.85. The molecular formula is C18H17FN6O. The molecule has 1 heterocycles. The topological polar surface area (TPSA) is 105 Å². The second kappa shape index (κ2) is 7.47. The van der Waals surface area contributed by atoms with Crippen molar-refractivity contribution in [3.63, 3.8) is 0 Å². The van der Waals surface area contributed by atoms with Gasteiger partial charge in [-0.15, -0.1) is 0 Å². The Morgan fingerprint density at radius 2 is 1.73 bits per heavy atom. The van der Waals surface area contributed by atoms with Gasteiger partial charge < -0.3 is 11.1 Å². The number of hydrazine groups is 1. The molecule has 0 radical (unpaired) electrons. The molecule has 132 valence electrons. The largest absolute Gasteiger partial charge is 0.393 e. The van der Waals surface area contributed by atoms with Gasteiger partial charge >= 0.3 is 0 Å². The third kappa shape index (κ3) is 3.86. The van der Waals surface area contributed by atoms with Crippen LogP contribution in [0.25, 0.3) is 0 Å². The summed E-state index contributed by atoms with van der Waals surface area (Å²) in [5.41, 5.74) is 13.5. The number of hydrogen-bond acceptors (Lipinski definition) is 6. The van der Waals surface area contributed by atoms with Crippen molar-refractivity contribution >= 4 is 28.9 Å². The first kappa shape index (κ1) is 17.2. The van der Waals surface area contributed by atoms with E-state index in [-0.39, 0.29) is 23.2 Å². The number of amides is 1. The molecule has 26 heavy (non-hydrogen) atoms. The lowest BCUT2D eigenvalue weighted by atomic mass is 10.1. The minimum absolute atomic E-state index is 0.210. The zero-order chi connectivity index (χ0) is 18.5. The number of aryl methyl sites for hydroxylation is 1. The zero-order valence-electron chi connectivity index (χ0n) is 14.0. The maximum absolute atomic E-state index is 13.0. The van der Waals surface area contributed by atoms with E-state index in [1.807, 2.05) is 19.1 Å². The number of halogens is 1. The summed E-state index contributed by atoms with van der Waals surface area (Å²) in [7, 11) is 0. The van der Waals surface area contributed by atoms with Gasteiger partial charge in [0.1, 0.15) is 17.8 Å². The fourth-order valence-electron chi connectivity index (χ4n) is 2.28. The SMILES string of the molecule is Cc1ccccc1C(=O)NNc1ncnc(Nc2ccc(F)cc2)c1N. The minimum atomic E-state index is -0.340. The standard InChI is InChI=1S/C18H17FN6O/c1-11-4-2-3-5-14(11)18(26)25-24-17-15(20)16(21-10-22-17)23-13-8-6-12(19)7-9-13/h2-10H,20H2,1H3,(H,25,26)(H2,21,22,23,24). The number of hydrogen-bond donors (Lipinski definition) is 4. The molecule has 8 heteroatoms. The van der Waals surface area contributed by atoms with Crippen LogP contribution in [0.4, 0.5) is 27.4 Å². The van der Waals surface area contributed by atoms with Crippen molar-refractivity contribution < 1.29 is 9.18 Å². The Morgan fingerprint density at radius 1 is 1.04 bits per heavy atom. The Hall–Kier alpha value is -3.68. The van der Waals surface area contributed by atoms with Gasteiger partial charge in [-0.1, -0.05) is 18.2 Å². The molecule has 3 rings (SSSR count). The fourth-order valence-corrected chi connectivity index (χ4v) is 2.28. The number of nitrogens with zero attached hydrogens (tertiary/aromatic N) is 2. The molecule has 1 amide bonds. The molecule has 0 atom stereocenters. The summed E-state index contributed by atoms with van der Waals surface area (Å²) in [4.78, 5) is 20.3. The van der Waals surface area contributed by atoms with Gasteiger partial charge in [-0.05, 0) is 42.8 Å². The van der Waals surface area contributed by atoms with Crippen LogP contribution in [0.3, 0.4) is 0 Å². The lowest BCUT2D eigenvalue weighted by Crippen LogP contribution is -2.30. The molecule has 0 saturated carbocycles. The van der Waals surface area contributed by atoms with E-state index < -0.39 is 0 Å². The van der Waals surface area contributed by atoms with Gasteiger partial charge in [0.15, 0.2) is 11.6 Å². The molecule has 3 aromatic rings. The van der Waals surface area contributed by atoms with Crippen molar-refractivity contribution in [3.8, 4) is 0 Å². The molecule has 0 saturated heterocycles. The Bertz CT molecular complexity index is 929. The molecule has 0 aliphatic carbocycles. The quantitative estimate of drug-likeness (QED) is 0.526. The van der Waals surface area contributed by atoms with E-state index in [4.69, 9.17) is 5.73 Å². The number of rotatable bonds is 5. The first-order valence-corrected chi connectivity index (χ1v) is 7.79. The van der Waals surface area contributed by atoms with Gasteiger partial charge in [0, 0.05) is 11.3 Å². The molecule has 0 spiro atoms. The fraction of sp³-hybridized carbons (Fsp3) is 0.0556. The van der Waals surface area contributed by atoms with Crippen LogP contribution in [0.5, 0.6) is 0 Å². The van der Waals surface area contributed by atoms with Crippen LogP contribution in [0.2, 0.25) is 0 Å². The smallest absolute Gasteiger partial charge is 0.269 e. The molecular weight excluding hydrogens is 335 g/mol. The van der Waals surface area contributed by atoms with E-state index in [1.54, 1.807) is 24.3 Å². The highest BCUT2D eigenvalue weighted by Gasteiger charge is 2.11. The second-order valence-corrected chi connectivity index (χ2v) is 5.51. The maximum atomic E-state index is 13.0. The summed E-state index contributed by atoms with van der Waals surface area (Å²) < 4.78 is 13.0. The van der Waals surface area contributed by atoms with Gasteiger partial charge in [0.05, 0.1) is 0 Å². The average molecular weight is 352 g/mol. The highest BCUT2D eigenvalue weighted by Crippen LogP contribution is 2.25. The van der Waals surface area contributed by atoms with Crippen LogP contribution in [-0.4, -0.2) is 15.9 Å². The number of anilines is 4. The van der Waals surface area contributed by atoms with Gasteiger partial charge in [0.2, 0.25) is 0 Å². The average Bonchev–Trinajstić information content (AvgIpc) is 2.64. The summed E-state index contributed by atoms with van der Waals surface area (Å²) in [6.07, 6.45) is 1.30. The zero-order valence-corrected chi connectivity index (χ0v) is 14.0. The third-order valence-electron chi connectivity index (χ3n) is 3.67. The molecule has 5 N–H and O–H groups in total. The van der Waals surface area contributed by atoms with Crippen LogP contribution in [0.15, 0.2) is 54.9 Å². The summed E-state index contributed by atoms with van der Waals surface area (Å²) >= 11 is 0. The molecule has 7 nitrogen and oxygen atoms in total. The molecule has 0 unspecified atom stereocenters. The number of aromatic nitrogens is 2. The van der Waals surface area contributed by atoms with Crippen molar-refractivity contribution in [2.75, 3.05) is 16.5 Å². The number of carbonyl (C=O) groups is 1. The molecule has 0 aliphatic rings. The van der Waals surface area contributed by atoms with Crippen molar-refractivity contribution in [2.24, 2.45) is 0 Å². The number of nitrogen functional groups attached to an aromatic ring is 1. The molecule has 1 aromatic heterocycles. The lowest BCUT2D eigenvalue weighted by Gasteiger charge is -2.13. The minimum Gasteiger partial charge on any atom is -0.393 e. The molecule has 2 aromatic carbocycles. The van der Waals surface area contributed by atoms with E-state index in [2.05, 4.69) is 26.1 Å². The normalized spacial score (nSPS) is 10.2. The van der Waals surface area contributed by atoms with Crippen LogP contribution < -0.4 is 21.9 Å². The van der Waals surface area contributed by atoms with Crippen LogP contribution in [0.1, 0.15) is 15.9 Å². The summed E-state index contributed by atoms with van der Waals surface area (Å²) in [6, 6.07) is 13.0. The second-order valence-electron chi connectivity index (χ2n) is 5.51. The number of carbonyl (C=O) groups excluding carboxylic acids is 1. The monoisotopic (exact) mass is 352 g/mol. The van der Waals surface area contributed by atoms with Gasteiger partial charge in [-0.3, -0.25) is 15.6 Å². The van der Waals surface area contributed by atoms with Gasteiger partial charge in [-0.2, -0.15) is 0 Å². The third-order valence-corrected chi connectivity index (χ3v) is 3.67. The van der Waals surface area contributed by atoms with Gasteiger partial charge in [0.25, 0.3) is 5.91 Å². The molecule has 0 fully saturated rings. The van der Waals surface area contributed by atoms with Crippen molar-refractivity contribution in [2.45, 2.75) is 6.92 Å². The van der Waals surface area contributed by atoms with Crippen molar-refractivity contribution in [3.05, 3.63) is 71.8 Å². The van der Waals surface area contributed by atoms with Gasteiger partial charge in [-0.25, -0.2) is 14.4 Å². The van der Waals surface area contributed by atoms with Crippen molar-refractivity contribution in [1.82, 2.24) is 15.4 Å². The van der Waals surface area contributed by atoms with E-state index >= 15 is 0 Å². The van der Waals surface area contributed by atoms with E-state index in [9.17, 15) is 9.18 Å². The number of benzene rings is 2. The predicted molar refractivity (Wildman–Crippen MR) is 98.4 cm³/mol. The molecule has 0 bridgehead atoms. The number of nitrogens with one attached hydrogen (secondary N) is 3. The maximum Gasteiger partial charge on any atom is 0.269 e. The Labute approximate surface area is 149 Å². The van der Waals surface area contributed by atoms with E-state index in [0.717, 1.165) is 5.56 Å².